The predicted molar refractivity (Wildman–Crippen MR) is 32.1 cm³/mol. The van der Waals surface area contributed by atoms with Crippen LogP contribution >= 0.6 is 0 Å². The third-order valence-corrected chi connectivity index (χ3v) is 1.19. The molecule has 0 N–H and O–H groups in total. The van der Waals surface area contributed by atoms with Crippen molar-refractivity contribution in [2.24, 2.45) is 0 Å². The Labute approximate surface area is 66.5 Å². The van der Waals surface area contributed by atoms with Crippen LogP contribution in [0.25, 0.3) is 0 Å². The number of rotatable bonds is 3. The molecule has 0 aromatic heterocycles. The molecule has 0 radical (unpaired) electrons. The number of halogens is 5. The summed E-state index contributed by atoms with van der Waals surface area (Å²) in [6.07, 6.45) is -8.46. The molecule has 0 rings (SSSR count). The zero-order chi connectivity index (χ0) is 9.99. The second-order valence-electron chi connectivity index (χ2n) is 2.54. The minimum Gasteiger partial charge on any atom is -0.372 e. The van der Waals surface area contributed by atoms with E-state index in [1.165, 1.54) is 0 Å². The lowest BCUT2D eigenvalue weighted by Crippen LogP contribution is -2.35. The molecule has 0 aromatic carbocycles. The van der Waals surface area contributed by atoms with Gasteiger partial charge in [0.1, 0.15) is 0 Å². The molecule has 0 saturated heterocycles. The van der Waals surface area contributed by atoms with Gasteiger partial charge in [0.2, 0.25) is 5.92 Å². The molecule has 0 spiro atoms. The van der Waals surface area contributed by atoms with E-state index in [9.17, 15) is 22.0 Å². The largest absolute Gasteiger partial charge is 0.414 e. The maximum Gasteiger partial charge on any atom is 0.414 e. The summed E-state index contributed by atoms with van der Waals surface area (Å²) in [4.78, 5) is 0. The molecule has 12 heavy (non-hydrogen) atoms. The molecular formula is C6H9F5O. The van der Waals surface area contributed by atoms with Gasteiger partial charge in [0, 0.05) is 13.5 Å². The second-order valence-corrected chi connectivity index (χ2v) is 2.54. The summed E-state index contributed by atoms with van der Waals surface area (Å²) in [6.45, 7) is 0.421. The van der Waals surface area contributed by atoms with Gasteiger partial charge in [-0.05, 0) is 6.92 Å². The Morgan fingerprint density at radius 3 is 1.67 bits per heavy atom. The fourth-order valence-corrected chi connectivity index (χ4v) is 0.658. The molecule has 0 amide bonds. The third kappa shape index (κ3) is 4.48. The minimum absolute atomic E-state index is 0.421. The highest BCUT2D eigenvalue weighted by Crippen LogP contribution is 2.30. The zero-order valence-corrected chi connectivity index (χ0v) is 6.58. The maximum atomic E-state index is 12.1. The smallest absolute Gasteiger partial charge is 0.372 e. The van der Waals surface area contributed by atoms with E-state index >= 15 is 0 Å². The van der Waals surface area contributed by atoms with Crippen LogP contribution in [-0.4, -0.2) is 25.3 Å². The Hall–Kier alpha value is -0.390. The van der Waals surface area contributed by atoms with Gasteiger partial charge in [-0.15, -0.1) is 0 Å². The normalized spacial score (nSPS) is 16.2. The van der Waals surface area contributed by atoms with Gasteiger partial charge in [-0.25, -0.2) is 8.78 Å². The standard InChI is InChI=1S/C6H9F5O/c1-5(7,8)3-4(12-2)6(9,10)11/h4H,3H2,1-2H3. The summed E-state index contributed by atoms with van der Waals surface area (Å²) in [6, 6.07) is 0. The van der Waals surface area contributed by atoms with Gasteiger partial charge in [0.15, 0.2) is 6.10 Å². The van der Waals surface area contributed by atoms with Crippen LogP contribution in [0, 0.1) is 0 Å². The van der Waals surface area contributed by atoms with Crippen molar-refractivity contribution in [3.63, 3.8) is 0 Å². The Morgan fingerprint density at radius 2 is 1.58 bits per heavy atom. The van der Waals surface area contributed by atoms with Crippen molar-refractivity contribution in [2.45, 2.75) is 31.5 Å². The van der Waals surface area contributed by atoms with Crippen molar-refractivity contribution in [2.75, 3.05) is 7.11 Å². The van der Waals surface area contributed by atoms with E-state index in [0.717, 1.165) is 7.11 Å². The van der Waals surface area contributed by atoms with Crippen molar-refractivity contribution >= 4 is 0 Å². The van der Waals surface area contributed by atoms with E-state index in [2.05, 4.69) is 4.74 Å². The first-order valence-electron chi connectivity index (χ1n) is 3.14. The first-order chi connectivity index (χ1) is 5.17. The fourth-order valence-electron chi connectivity index (χ4n) is 0.658. The molecule has 0 aromatic rings. The monoisotopic (exact) mass is 192 g/mol. The molecule has 1 nitrogen and oxygen atoms in total. The van der Waals surface area contributed by atoms with E-state index in [1.54, 1.807) is 0 Å². The average Bonchev–Trinajstić information content (AvgIpc) is 1.78. The number of alkyl halides is 5. The molecule has 0 heterocycles. The van der Waals surface area contributed by atoms with Crippen LogP contribution in [0.2, 0.25) is 0 Å². The molecule has 74 valence electrons. The van der Waals surface area contributed by atoms with Crippen LogP contribution < -0.4 is 0 Å². The first-order valence-corrected chi connectivity index (χ1v) is 3.14. The summed E-state index contributed by atoms with van der Waals surface area (Å²) in [5.41, 5.74) is 0. The van der Waals surface area contributed by atoms with Crippen LogP contribution in [0.4, 0.5) is 22.0 Å². The van der Waals surface area contributed by atoms with Crippen LogP contribution in [0.5, 0.6) is 0 Å². The van der Waals surface area contributed by atoms with Crippen LogP contribution in [0.15, 0.2) is 0 Å². The van der Waals surface area contributed by atoms with Gasteiger partial charge >= 0.3 is 6.18 Å². The lowest BCUT2D eigenvalue weighted by molar-refractivity contribution is -0.229. The Bertz CT molecular complexity index is 136. The number of methoxy groups -OCH3 is 1. The quantitative estimate of drug-likeness (QED) is 0.624. The van der Waals surface area contributed by atoms with Gasteiger partial charge in [0.05, 0.1) is 0 Å². The number of hydrogen-bond acceptors (Lipinski definition) is 1. The lowest BCUT2D eigenvalue weighted by Gasteiger charge is -2.21. The summed E-state index contributed by atoms with van der Waals surface area (Å²) in [7, 11) is 0.754. The first kappa shape index (κ1) is 11.6. The fraction of sp³-hybridized carbons (Fsp3) is 1.00. The van der Waals surface area contributed by atoms with Crippen LogP contribution in [0.3, 0.4) is 0 Å². The Morgan fingerprint density at radius 1 is 1.17 bits per heavy atom. The molecule has 0 bridgehead atoms. The average molecular weight is 192 g/mol. The number of hydrogen-bond donors (Lipinski definition) is 0. The van der Waals surface area contributed by atoms with Gasteiger partial charge < -0.3 is 4.74 Å². The molecule has 0 aliphatic rings. The molecule has 0 aliphatic carbocycles. The Balaban J connectivity index is 4.20. The summed E-state index contributed by atoms with van der Waals surface area (Å²) in [5.74, 6) is -3.36. The van der Waals surface area contributed by atoms with Crippen molar-refractivity contribution in [1.29, 1.82) is 0 Å². The molecule has 0 saturated carbocycles. The summed E-state index contributed by atoms with van der Waals surface area (Å²) < 4.78 is 63.5. The van der Waals surface area contributed by atoms with Crippen LogP contribution in [-0.2, 0) is 4.74 Å². The van der Waals surface area contributed by atoms with E-state index in [-0.39, 0.29) is 0 Å². The van der Waals surface area contributed by atoms with Crippen molar-refractivity contribution < 1.29 is 26.7 Å². The Kier molecular flexibility index (Phi) is 3.44. The van der Waals surface area contributed by atoms with E-state index in [1.807, 2.05) is 0 Å². The lowest BCUT2D eigenvalue weighted by atomic mass is 10.1. The zero-order valence-electron chi connectivity index (χ0n) is 6.58. The summed E-state index contributed by atoms with van der Waals surface area (Å²) in [5, 5.41) is 0. The number of ether oxygens (including phenoxy) is 1. The highest BCUT2D eigenvalue weighted by molar-refractivity contribution is 4.73. The topological polar surface area (TPSA) is 9.23 Å². The third-order valence-electron chi connectivity index (χ3n) is 1.19. The van der Waals surface area contributed by atoms with Crippen molar-refractivity contribution in [1.82, 2.24) is 0 Å². The molecule has 6 heteroatoms. The van der Waals surface area contributed by atoms with Gasteiger partial charge in [-0.1, -0.05) is 0 Å². The van der Waals surface area contributed by atoms with Gasteiger partial charge in [0.25, 0.3) is 0 Å². The minimum atomic E-state index is -4.73. The van der Waals surface area contributed by atoms with E-state index < -0.39 is 24.6 Å². The molecular weight excluding hydrogens is 183 g/mol. The van der Waals surface area contributed by atoms with Gasteiger partial charge in [-0.2, -0.15) is 13.2 Å². The predicted octanol–water partition coefficient (Wildman–Crippen LogP) is 2.61. The molecule has 0 fully saturated rings. The van der Waals surface area contributed by atoms with Crippen LogP contribution in [0.1, 0.15) is 13.3 Å². The van der Waals surface area contributed by atoms with E-state index in [4.69, 9.17) is 0 Å². The highest BCUT2D eigenvalue weighted by Gasteiger charge is 2.44. The van der Waals surface area contributed by atoms with E-state index in [0.29, 0.717) is 6.92 Å². The van der Waals surface area contributed by atoms with Gasteiger partial charge in [-0.3, -0.25) is 0 Å². The molecule has 0 aliphatic heterocycles. The maximum absolute atomic E-state index is 12.1. The SMILES string of the molecule is COC(CC(C)(F)F)C(F)(F)F. The van der Waals surface area contributed by atoms with Crippen molar-refractivity contribution in [3.8, 4) is 0 Å². The van der Waals surface area contributed by atoms with Crippen molar-refractivity contribution in [3.05, 3.63) is 0 Å². The highest BCUT2D eigenvalue weighted by atomic mass is 19.4. The molecule has 1 unspecified atom stereocenters. The summed E-state index contributed by atoms with van der Waals surface area (Å²) >= 11 is 0. The second kappa shape index (κ2) is 3.55. The molecule has 1 atom stereocenters.